The van der Waals surface area contributed by atoms with Crippen molar-refractivity contribution in [1.29, 1.82) is 0 Å². The van der Waals surface area contributed by atoms with Gasteiger partial charge in [-0.05, 0) is 18.1 Å². The number of benzene rings is 2. The highest BCUT2D eigenvalue weighted by atomic mass is 16.2. The third-order valence-corrected chi connectivity index (χ3v) is 3.94. The number of hydrogen-bond donors (Lipinski definition) is 2. The van der Waals surface area contributed by atoms with Gasteiger partial charge in [-0.25, -0.2) is 0 Å². The molecule has 0 aromatic heterocycles. The first-order valence-corrected chi connectivity index (χ1v) is 8.46. The Hall–Kier alpha value is -2.62. The molecule has 0 saturated carbocycles. The van der Waals surface area contributed by atoms with Crippen LogP contribution in [0, 0.1) is 12.3 Å². The highest BCUT2D eigenvalue weighted by Crippen LogP contribution is 2.22. The Morgan fingerprint density at radius 2 is 1.48 bits per heavy atom. The number of carbonyl (C=O) groups excluding carboxylic acids is 2. The van der Waals surface area contributed by atoms with Gasteiger partial charge >= 0.3 is 0 Å². The quantitative estimate of drug-likeness (QED) is 0.878. The van der Waals surface area contributed by atoms with Gasteiger partial charge in [-0.15, -0.1) is 0 Å². The average Bonchev–Trinajstić information content (AvgIpc) is 2.58. The van der Waals surface area contributed by atoms with Crippen molar-refractivity contribution >= 4 is 11.8 Å². The fourth-order valence-electron chi connectivity index (χ4n) is 2.40. The lowest BCUT2D eigenvalue weighted by molar-refractivity contribution is -0.131. The zero-order chi connectivity index (χ0) is 18.4. The SMILES string of the molecule is Cc1ccc(C(NC(=O)CNC(=O)C(C)(C)C)c2ccccc2)cc1. The molecule has 2 rings (SSSR count). The Balaban J connectivity index is 2.13. The third kappa shape index (κ3) is 5.45. The molecule has 0 aliphatic rings. The van der Waals surface area contributed by atoms with Crippen LogP contribution in [0.5, 0.6) is 0 Å². The van der Waals surface area contributed by atoms with E-state index in [0.29, 0.717) is 0 Å². The van der Waals surface area contributed by atoms with E-state index >= 15 is 0 Å². The summed E-state index contributed by atoms with van der Waals surface area (Å²) in [7, 11) is 0. The van der Waals surface area contributed by atoms with Crippen LogP contribution in [-0.4, -0.2) is 18.4 Å². The summed E-state index contributed by atoms with van der Waals surface area (Å²) in [5.74, 6) is -0.360. The summed E-state index contributed by atoms with van der Waals surface area (Å²) in [4.78, 5) is 24.3. The molecule has 1 unspecified atom stereocenters. The number of carbonyl (C=O) groups is 2. The number of aryl methyl sites for hydroxylation is 1. The van der Waals surface area contributed by atoms with E-state index in [9.17, 15) is 9.59 Å². The molecule has 0 aliphatic heterocycles. The van der Waals surface area contributed by atoms with E-state index < -0.39 is 5.41 Å². The first kappa shape index (κ1) is 18.7. The topological polar surface area (TPSA) is 58.2 Å². The lowest BCUT2D eigenvalue weighted by atomic mass is 9.96. The zero-order valence-corrected chi connectivity index (χ0v) is 15.3. The van der Waals surface area contributed by atoms with Gasteiger partial charge in [0.1, 0.15) is 0 Å². The minimum atomic E-state index is -0.518. The van der Waals surface area contributed by atoms with Crippen LogP contribution < -0.4 is 10.6 Å². The smallest absolute Gasteiger partial charge is 0.240 e. The first-order valence-electron chi connectivity index (χ1n) is 8.46. The fourth-order valence-corrected chi connectivity index (χ4v) is 2.40. The Labute approximate surface area is 149 Å². The van der Waals surface area contributed by atoms with Crippen molar-refractivity contribution in [1.82, 2.24) is 10.6 Å². The van der Waals surface area contributed by atoms with Crippen LogP contribution in [-0.2, 0) is 9.59 Å². The summed E-state index contributed by atoms with van der Waals surface area (Å²) in [5.41, 5.74) is 2.66. The monoisotopic (exact) mass is 338 g/mol. The second-order valence-corrected chi connectivity index (χ2v) is 7.25. The van der Waals surface area contributed by atoms with E-state index in [-0.39, 0.29) is 24.4 Å². The number of hydrogen-bond acceptors (Lipinski definition) is 2. The molecule has 0 fully saturated rings. The third-order valence-electron chi connectivity index (χ3n) is 3.94. The van der Waals surface area contributed by atoms with E-state index in [1.54, 1.807) is 0 Å². The minimum absolute atomic E-state index is 0.0364. The molecular formula is C21H26N2O2. The van der Waals surface area contributed by atoms with Gasteiger partial charge in [0, 0.05) is 5.41 Å². The van der Waals surface area contributed by atoms with E-state index in [0.717, 1.165) is 11.1 Å². The molecule has 2 aromatic rings. The van der Waals surface area contributed by atoms with E-state index in [4.69, 9.17) is 0 Å². The second kappa shape index (κ2) is 7.97. The summed E-state index contributed by atoms with van der Waals surface area (Å²) >= 11 is 0. The lowest BCUT2D eigenvalue weighted by Crippen LogP contribution is -2.42. The number of nitrogens with one attached hydrogen (secondary N) is 2. The standard InChI is InChI=1S/C21H26N2O2/c1-15-10-12-17(13-11-15)19(16-8-6-5-7-9-16)23-18(24)14-22-20(25)21(2,3)4/h5-13,19H,14H2,1-4H3,(H,22,25)(H,23,24). The molecule has 2 aromatic carbocycles. The van der Waals surface area contributed by atoms with Crippen molar-refractivity contribution in [3.05, 3.63) is 71.3 Å². The molecular weight excluding hydrogens is 312 g/mol. The second-order valence-electron chi connectivity index (χ2n) is 7.25. The zero-order valence-electron chi connectivity index (χ0n) is 15.3. The van der Waals surface area contributed by atoms with Crippen molar-refractivity contribution < 1.29 is 9.59 Å². The van der Waals surface area contributed by atoms with Crippen LogP contribution in [0.25, 0.3) is 0 Å². The summed E-state index contributed by atoms with van der Waals surface area (Å²) in [6.45, 7) is 7.45. The Morgan fingerprint density at radius 1 is 0.920 bits per heavy atom. The van der Waals surface area contributed by atoms with E-state index in [2.05, 4.69) is 10.6 Å². The van der Waals surface area contributed by atoms with Crippen LogP contribution in [0.4, 0.5) is 0 Å². The van der Waals surface area contributed by atoms with Crippen molar-refractivity contribution in [2.24, 2.45) is 5.41 Å². The maximum Gasteiger partial charge on any atom is 0.240 e. The van der Waals surface area contributed by atoms with Gasteiger partial charge in [0.15, 0.2) is 0 Å². The minimum Gasteiger partial charge on any atom is -0.347 e. The molecule has 4 heteroatoms. The van der Waals surface area contributed by atoms with Gasteiger partial charge < -0.3 is 10.6 Å². The van der Waals surface area contributed by atoms with Crippen LogP contribution in [0.3, 0.4) is 0 Å². The molecule has 4 nitrogen and oxygen atoms in total. The van der Waals surface area contributed by atoms with E-state index in [1.165, 1.54) is 5.56 Å². The van der Waals surface area contributed by atoms with Crippen LogP contribution in [0.15, 0.2) is 54.6 Å². The summed E-state index contributed by atoms with van der Waals surface area (Å²) in [6.07, 6.45) is 0. The molecule has 0 saturated heterocycles. The highest BCUT2D eigenvalue weighted by Gasteiger charge is 2.22. The highest BCUT2D eigenvalue weighted by molar-refractivity contribution is 5.87. The van der Waals surface area contributed by atoms with Crippen molar-refractivity contribution in [3.8, 4) is 0 Å². The van der Waals surface area contributed by atoms with E-state index in [1.807, 2.05) is 82.3 Å². The molecule has 2 amide bonds. The largest absolute Gasteiger partial charge is 0.347 e. The molecule has 25 heavy (non-hydrogen) atoms. The summed E-state index contributed by atoms with van der Waals surface area (Å²) in [6, 6.07) is 17.6. The Bertz CT molecular complexity index is 716. The van der Waals surface area contributed by atoms with Crippen LogP contribution in [0.1, 0.15) is 43.5 Å². The Kier molecular flexibility index (Phi) is 5.97. The van der Waals surface area contributed by atoms with Gasteiger partial charge in [0.2, 0.25) is 11.8 Å². The average molecular weight is 338 g/mol. The molecule has 0 heterocycles. The normalized spacial score (nSPS) is 12.3. The first-order chi connectivity index (χ1) is 11.8. The predicted molar refractivity (Wildman–Crippen MR) is 100 cm³/mol. The fraction of sp³-hybridized carbons (Fsp3) is 0.333. The van der Waals surface area contributed by atoms with Crippen LogP contribution in [0.2, 0.25) is 0 Å². The maximum absolute atomic E-state index is 12.4. The molecule has 0 aliphatic carbocycles. The number of amides is 2. The Morgan fingerprint density at radius 3 is 2.04 bits per heavy atom. The van der Waals surface area contributed by atoms with Crippen molar-refractivity contribution in [2.75, 3.05) is 6.54 Å². The molecule has 0 spiro atoms. The van der Waals surface area contributed by atoms with Crippen molar-refractivity contribution in [3.63, 3.8) is 0 Å². The molecule has 2 N–H and O–H groups in total. The lowest BCUT2D eigenvalue weighted by Gasteiger charge is -2.21. The predicted octanol–water partition coefficient (Wildman–Crippen LogP) is 3.36. The van der Waals surface area contributed by atoms with Crippen LogP contribution >= 0.6 is 0 Å². The molecule has 132 valence electrons. The molecule has 0 radical (unpaired) electrons. The summed E-state index contributed by atoms with van der Waals surface area (Å²) in [5, 5.41) is 5.71. The van der Waals surface area contributed by atoms with Crippen molar-refractivity contribution in [2.45, 2.75) is 33.7 Å². The van der Waals surface area contributed by atoms with Gasteiger partial charge in [-0.3, -0.25) is 9.59 Å². The summed E-state index contributed by atoms with van der Waals surface area (Å²) < 4.78 is 0. The van der Waals surface area contributed by atoms with Gasteiger partial charge in [0.25, 0.3) is 0 Å². The van der Waals surface area contributed by atoms with Gasteiger partial charge in [-0.2, -0.15) is 0 Å². The number of rotatable bonds is 5. The molecule has 0 bridgehead atoms. The molecule has 1 atom stereocenters. The van der Waals surface area contributed by atoms with Gasteiger partial charge in [0.05, 0.1) is 12.6 Å². The van der Waals surface area contributed by atoms with Gasteiger partial charge in [-0.1, -0.05) is 80.9 Å². The maximum atomic E-state index is 12.4.